The second-order valence-corrected chi connectivity index (χ2v) is 5.79. The van der Waals surface area contributed by atoms with Crippen LogP contribution in [0.5, 0.6) is 5.75 Å². The van der Waals surface area contributed by atoms with Crippen LogP contribution in [-0.2, 0) is 0 Å². The van der Waals surface area contributed by atoms with Crippen molar-refractivity contribution in [1.29, 1.82) is 0 Å². The van der Waals surface area contributed by atoms with Crippen molar-refractivity contribution in [2.45, 2.75) is 12.3 Å². The van der Waals surface area contributed by atoms with E-state index >= 15 is 0 Å². The van der Waals surface area contributed by atoms with Crippen molar-refractivity contribution in [3.05, 3.63) is 58.3 Å². The van der Waals surface area contributed by atoms with Gasteiger partial charge in [-0.3, -0.25) is 0 Å². The number of benzene rings is 2. The lowest BCUT2D eigenvalue weighted by Gasteiger charge is -2.26. The maximum absolute atomic E-state index is 13.8. The number of ether oxygens (including phenoxy) is 1. The van der Waals surface area contributed by atoms with Crippen molar-refractivity contribution in [3.8, 4) is 5.75 Å². The van der Waals surface area contributed by atoms with Crippen LogP contribution < -0.4 is 10.1 Å². The van der Waals surface area contributed by atoms with Crippen LogP contribution in [0.3, 0.4) is 0 Å². The Morgan fingerprint density at radius 2 is 2.10 bits per heavy atom. The van der Waals surface area contributed by atoms with Crippen molar-refractivity contribution < 1.29 is 9.13 Å². The second kappa shape index (κ2) is 5.83. The second-order valence-electron chi connectivity index (χ2n) is 4.88. The van der Waals surface area contributed by atoms with Crippen molar-refractivity contribution in [2.24, 2.45) is 0 Å². The molecule has 0 aliphatic carbocycles. The lowest BCUT2D eigenvalue weighted by Crippen LogP contribution is -2.21. The number of nitrogens with one attached hydrogen (secondary N) is 1. The molecule has 1 unspecified atom stereocenters. The largest absolute Gasteiger partial charge is 0.493 e. The zero-order chi connectivity index (χ0) is 13.9. The molecule has 2 aromatic rings. The van der Waals surface area contributed by atoms with E-state index in [1.54, 1.807) is 6.07 Å². The zero-order valence-corrected chi connectivity index (χ0v) is 12.5. The molecule has 1 N–H and O–H groups in total. The average Bonchev–Trinajstić information content (AvgIpc) is 2.46. The molecule has 0 radical (unpaired) electrons. The SMILES string of the molecule is Fc1cc(Br)ccc1NCC1CCOc2ccccc21. The molecule has 20 heavy (non-hydrogen) atoms. The topological polar surface area (TPSA) is 21.3 Å². The number of anilines is 1. The fourth-order valence-electron chi connectivity index (χ4n) is 2.49. The molecule has 0 saturated carbocycles. The van der Waals surface area contributed by atoms with Crippen LogP contribution in [-0.4, -0.2) is 13.2 Å². The summed E-state index contributed by atoms with van der Waals surface area (Å²) in [4.78, 5) is 0. The Balaban J connectivity index is 1.73. The summed E-state index contributed by atoms with van der Waals surface area (Å²) in [6, 6.07) is 13.1. The summed E-state index contributed by atoms with van der Waals surface area (Å²) >= 11 is 3.26. The maximum Gasteiger partial charge on any atom is 0.147 e. The van der Waals surface area contributed by atoms with Gasteiger partial charge in [-0.15, -0.1) is 0 Å². The minimum Gasteiger partial charge on any atom is -0.493 e. The Bertz CT molecular complexity index is 617. The number of halogens is 2. The first-order valence-electron chi connectivity index (χ1n) is 6.64. The predicted molar refractivity (Wildman–Crippen MR) is 81.9 cm³/mol. The van der Waals surface area contributed by atoms with Crippen LogP contribution in [0, 0.1) is 5.82 Å². The van der Waals surface area contributed by atoms with E-state index in [2.05, 4.69) is 27.3 Å². The van der Waals surface area contributed by atoms with Crippen molar-refractivity contribution >= 4 is 21.6 Å². The van der Waals surface area contributed by atoms with Crippen molar-refractivity contribution in [1.82, 2.24) is 0 Å². The quantitative estimate of drug-likeness (QED) is 0.887. The van der Waals surface area contributed by atoms with Gasteiger partial charge in [0.25, 0.3) is 0 Å². The van der Waals surface area contributed by atoms with E-state index in [0.29, 0.717) is 24.8 Å². The van der Waals surface area contributed by atoms with E-state index in [-0.39, 0.29) is 5.82 Å². The lowest BCUT2D eigenvalue weighted by atomic mass is 9.93. The highest BCUT2D eigenvalue weighted by molar-refractivity contribution is 9.10. The Hall–Kier alpha value is -1.55. The molecule has 0 fully saturated rings. The van der Waals surface area contributed by atoms with Gasteiger partial charge in [0, 0.05) is 16.9 Å². The lowest BCUT2D eigenvalue weighted by molar-refractivity contribution is 0.270. The Labute approximate surface area is 126 Å². The van der Waals surface area contributed by atoms with Crippen LogP contribution in [0.2, 0.25) is 0 Å². The number of rotatable bonds is 3. The number of hydrogen-bond acceptors (Lipinski definition) is 2. The van der Waals surface area contributed by atoms with Gasteiger partial charge in [-0.05, 0) is 36.2 Å². The van der Waals surface area contributed by atoms with Crippen LogP contribution in [0.15, 0.2) is 46.9 Å². The number of fused-ring (bicyclic) bond motifs is 1. The van der Waals surface area contributed by atoms with Gasteiger partial charge in [0.1, 0.15) is 11.6 Å². The minimum absolute atomic E-state index is 0.236. The maximum atomic E-state index is 13.8. The minimum atomic E-state index is -0.236. The Morgan fingerprint density at radius 1 is 1.25 bits per heavy atom. The summed E-state index contributed by atoms with van der Waals surface area (Å²) in [5.74, 6) is 1.06. The van der Waals surface area contributed by atoms with Crippen molar-refractivity contribution in [3.63, 3.8) is 0 Å². The monoisotopic (exact) mass is 335 g/mol. The molecule has 4 heteroatoms. The molecule has 0 saturated heterocycles. The molecule has 2 aromatic carbocycles. The Kier molecular flexibility index (Phi) is 3.92. The van der Waals surface area contributed by atoms with Gasteiger partial charge in [0.2, 0.25) is 0 Å². The fraction of sp³-hybridized carbons (Fsp3) is 0.250. The van der Waals surface area contributed by atoms with Gasteiger partial charge in [-0.25, -0.2) is 4.39 Å². The van der Waals surface area contributed by atoms with Gasteiger partial charge in [-0.2, -0.15) is 0 Å². The van der Waals surface area contributed by atoms with Crippen LogP contribution >= 0.6 is 15.9 Å². The zero-order valence-electron chi connectivity index (χ0n) is 10.9. The first-order chi connectivity index (χ1) is 9.74. The van der Waals surface area contributed by atoms with Crippen LogP contribution in [0.25, 0.3) is 0 Å². The van der Waals surface area contributed by atoms with Gasteiger partial charge in [0.05, 0.1) is 12.3 Å². The highest BCUT2D eigenvalue weighted by Gasteiger charge is 2.20. The average molecular weight is 336 g/mol. The van der Waals surface area contributed by atoms with E-state index in [0.717, 1.165) is 16.6 Å². The Morgan fingerprint density at radius 3 is 2.95 bits per heavy atom. The molecule has 1 aliphatic rings. The predicted octanol–water partition coefficient (Wildman–Crippen LogP) is 4.57. The van der Waals surface area contributed by atoms with Gasteiger partial charge in [-0.1, -0.05) is 34.1 Å². The molecule has 1 atom stereocenters. The van der Waals surface area contributed by atoms with Crippen LogP contribution in [0.1, 0.15) is 17.9 Å². The highest BCUT2D eigenvalue weighted by atomic mass is 79.9. The molecular weight excluding hydrogens is 321 g/mol. The summed E-state index contributed by atoms with van der Waals surface area (Å²) in [5, 5.41) is 3.20. The van der Waals surface area contributed by atoms with E-state index < -0.39 is 0 Å². The molecule has 1 heterocycles. The summed E-state index contributed by atoms with van der Waals surface area (Å²) in [6.45, 7) is 1.42. The van der Waals surface area contributed by atoms with Gasteiger partial charge >= 0.3 is 0 Å². The first kappa shape index (κ1) is 13.4. The third-order valence-corrected chi connectivity index (χ3v) is 4.05. The van der Waals surface area contributed by atoms with Crippen LogP contribution in [0.4, 0.5) is 10.1 Å². The summed E-state index contributed by atoms with van der Waals surface area (Å²) in [5.41, 5.74) is 1.74. The molecular formula is C16H15BrFNO. The molecule has 0 aromatic heterocycles. The molecule has 0 spiro atoms. The van der Waals surface area contributed by atoms with Gasteiger partial charge in [0.15, 0.2) is 0 Å². The molecule has 0 amide bonds. The number of para-hydroxylation sites is 1. The van der Waals surface area contributed by atoms with E-state index in [4.69, 9.17) is 4.74 Å². The standard InChI is InChI=1S/C16H15BrFNO/c17-12-5-6-15(14(18)9-12)19-10-11-7-8-20-16-4-2-1-3-13(11)16/h1-6,9,11,19H,7-8,10H2. The van der Waals surface area contributed by atoms with E-state index in [9.17, 15) is 4.39 Å². The molecule has 3 rings (SSSR count). The molecule has 104 valence electrons. The summed E-state index contributed by atoms with van der Waals surface area (Å²) in [6.07, 6.45) is 0.947. The molecule has 2 nitrogen and oxygen atoms in total. The third kappa shape index (κ3) is 2.80. The van der Waals surface area contributed by atoms with E-state index in [1.165, 1.54) is 11.6 Å². The molecule has 0 bridgehead atoms. The van der Waals surface area contributed by atoms with Gasteiger partial charge < -0.3 is 10.1 Å². The summed E-state index contributed by atoms with van der Waals surface area (Å²) in [7, 11) is 0. The highest BCUT2D eigenvalue weighted by Crippen LogP contribution is 2.33. The third-order valence-electron chi connectivity index (χ3n) is 3.55. The summed E-state index contributed by atoms with van der Waals surface area (Å²) < 4.78 is 20.2. The fourth-order valence-corrected chi connectivity index (χ4v) is 2.83. The smallest absolute Gasteiger partial charge is 0.147 e. The normalized spacial score (nSPS) is 17.2. The molecule has 1 aliphatic heterocycles. The van der Waals surface area contributed by atoms with E-state index in [1.807, 2.05) is 24.3 Å². The van der Waals surface area contributed by atoms with Crippen molar-refractivity contribution in [2.75, 3.05) is 18.5 Å². The first-order valence-corrected chi connectivity index (χ1v) is 7.44. The number of hydrogen-bond donors (Lipinski definition) is 1.